The van der Waals surface area contributed by atoms with E-state index in [0.717, 1.165) is 6.42 Å². The van der Waals surface area contributed by atoms with Gasteiger partial charge in [0.2, 0.25) is 11.8 Å². The van der Waals surface area contributed by atoms with Gasteiger partial charge in [-0.2, -0.15) is 13.2 Å². The van der Waals surface area contributed by atoms with Crippen LogP contribution in [0.2, 0.25) is 0 Å². The molecule has 2 rings (SSSR count). The number of piperidine rings is 1. The Morgan fingerprint density at radius 1 is 1.31 bits per heavy atom. The van der Waals surface area contributed by atoms with Crippen molar-refractivity contribution in [3.8, 4) is 5.88 Å². The number of hydrogen-bond acceptors (Lipinski definition) is 4. The molecule has 0 aliphatic carbocycles. The number of hydrogen-bond donors (Lipinski definition) is 1. The quantitative estimate of drug-likeness (QED) is 0.831. The maximum Gasteiger partial charge on any atom is 0.422 e. The molecule has 0 spiro atoms. The van der Waals surface area contributed by atoms with Crippen molar-refractivity contribution in [3.63, 3.8) is 0 Å². The fourth-order valence-corrected chi connectivity index (χ4v) is 2.67. The van der Waals surface area contributed by atoms with Crippen molar-refractivity contribution in [3.05, 3.63) is 23.9 Å². The van der Waals surface area contributed by atoms with Gasteiger partial charge in [-0.15, -0.1) is 0 Å². The van der Waals surface area contributed by atoms with Crippen LogP contribution in [-0.2, 0) is 4.79 Å². The van der Waals surface area contributed by atoms with Gasteiger partial charge in [-0.05, 0) is 25.3 Å². The molecule has 9 heteroatoms. The molecule has 2 heterocycles. The topological polar surface area (TPSA) is 71.5 Å². The second-order valence-corrected chi connectivity index (χ2v) is 6.15. The monoisotopic (exact) mass is 373 g/mol. The molecule has 0 unspecified atom stereocenters. The predicted octanol–water partition coefficient (Wildman–Crippen LogP) is 2.40. The molecular formula is C17H22F3N3O3. The van der Waals surface area contributed by atoms with Crippen LogP contribution in [0.4, 0.5) is 13.2 Å². The van der Waals surface area contributed by atoms with E-state index >= 15 is 0 Å². The van der Waals surface area contributed by atoms with Crippen LogP contribution >= 0.6 is 0 Å². The largest absolute Gasteiger partial charge is 0.468 e. The third kappa shape index (κ3) is 5.89. The number of rotatable bonds is 6. The number of alkyl halides is 3. The number of amides is 2. The first kappa shape index (κ1) is 20.0. The number of halogens is 3. The molecule has 1 saturated heterocycles. The fraction of sp³-hybridized carbons (Fsp3) is 0.588. The molecule has 0 radical (unpaired) electrons. The van der Waals surface area contributed by atoms with Crippen molar-refractivity contribution in [1.29, 1.82) is 0 Å². The Bertz CT molecular complexity index is 612. The van der Waals surface area contributed by atoms with E-state index in [0.29, 0.717) is 32.5 Å². The van der Waals surface area contributed by atoms with Crippen molar-refractivity contribution in [2.24, 2.45) is 5.92 Å². The Balaban J connectivity index is 1.85. The van der Waals surface area contributed by atoms with Crippen molar-refractivity contribution >= 4 is 11.8 Å². The minimum absolute atomic E-state index is 0.0202. The summed E-state index contributed by atoms with van der Waals surface area (Å²) in [6.07, 6.45) is -1.19. The van der Waals surface area contributed by atoms with Crippen LogP contribution < -0.4 is 10.1 Å². The lowest BCUT2D eigenvalue weighted by atomic mass is 9.95. The molecule has 1 aliphatic heterocycles. The smallest absolute Gasteiger partial charge is 0.422 e. The van der Waals surface area contributed by atoms with Gasteiger partial charge >= 0.3 is 6.18 Å². The molecule has 2 amide bonds. The highest BCUT2D eigenvalue weighted by atomic mass is 19.4. The van der Waals surface area contributed by atoms with Gasteiger partial charge in [0.05, 0.1) is 5.56 Å². The highest BCUT2D eigenvalue weighted by molar-refractivity contribution is 5.94. The normalized spacial score (nSPS) is 15.6. The summed E-state index contributed by atoms with van der Waals surface area (Å²) in [5.41, 5.74) is 0.276. The lowest BCUT2D eigenvalue weighted by Crippen LogP contribution is -2.43. The maximum absolute atomic E-state index is 12.4. The Morgan fingerprint density at radius 2 is 2.00 bits per heavy atom. The van der Waals surface area contributed by atoms with Crippen molar-refractivity contribution in [2.45, 2.75) is 32.4 Å². The molecule has 144 valence electrons. The summed E-state index contributed by atoms with van der Waals surface area (Å²) in [6, 6.07) is 2.63. The van der Waals surface area contributed by atoms with Crippen LogP contribution in [0.3, 0.4) is 0 Å². The van der Waals surface area contributed by atoms with Gasteiger partial charge in [0.25, 0.3) is 5.91 Å². The number of likely N-dealkylation sites (tertiary alicyclic amines) is 1. The first-order valence-electron chi connectivity index (χ1n) is 8.52. The standard InChI is InChI=1S/C17H22F3N3O3/c1-2-7-21-15(24)12-5-8-23(9-6-12)16(25)13-3-4-14(22-10-13)26-11-17(18,19)20/h3-4,10,12H,2,5-9,11H2,1H3,(H,21,24). The predicted molar refractivity (Wildman–Crippen MR) is 87.7 cm³/mol. The van der Waals surface area contributed by atoms with Gasteiger partial charge in [0, 0.05) is 37.8 Å². The summed E-state index contributed by atoms with van der Waals surface area (Å²) in [5.74, 6) is -0.522. The van der Waals surface area contributed by atoms with Gasteiger partial charge in [0.15, 0.2) is 6.61 Å². The molecule has 1 fully saturated rings. The molecule has 1 N–H and O–H groups in total. The lowest BCUT2D eigenvalue weighted by Gasteiger charge is -2.31. The molecule has 0 saturated carbocycles. The number of carbonyl (C=O) groups excluding carboxylic acids is 2. The van der Waals surface area contributed by atoms with Crippen LogP contribution in [0.5, 0.6) is 5.88 Å². The molecule has 1 aliphatic rings. The molecule has 1 aromatic rings. The van der Waals surface area contributed by atoms with Crippen LogP contribution in [0.15, 0.2) is 18.3 Å². The number of carbonyl (C=O) groups is 2. The molecule has 26 heavy (non-hydrogen) atoms. The van der Waals surface area contributed by atoms with E-state index in [-0.39, 0.29) is 29.2 Å². The SMILES string of the molecule is CCCNC(=O)C1CCN(C(=O)c2ccc(OCC(F)(F)F)nc2)CC1. The number of nitrogens with one attached hydrogen (secondary N) is 1. The van der Waals surface area contributed by atoms with Gasteiger partial charge in [0.1, 0.15) is 0 Å². The zero-order valence-electron chi connectivity index (χ0n) is 14.5. The Kier molecular flexibility index (Phi) is 6.82. The average molecular weight is 373 g/mol. The number of nitrogens with zero attached hydrogens (tertiary/aromatic N) is 2. The van der Waals surface area contributed by atoms with E-state index in [1.807, 2.05) is 6.92 Å². The summed E-state index contributed by atoms with van der Waals surface area (Å²) in [7, 11) is 0. The van der Waals surface area contributed by atoms with Crippen LogP contribution in [0, 0.1) is 5.92 Å². The zero-order chi connectivity index (χ0) is 19.2. The maximum atomic E-state index is 12.4. The van der Waals surface area contributed by atoms with Crippen LogP contribution in [-0.4, -0.2) is 54.1 Å². The molecule has 1 aromatic heterocycles. The van der Waals surface area contributed by atoms with E-state index in [9.17, 15) is 22.8 Å². The fourth-order valence-electron chi connectivity index (χ4n) is 2.67. The lowest BCUT2D eigenvalue weighted by molar-refractivity contribution is -0.154. The van der Waals surface area contributed by atoms with Gasteiger partial charge in [-0.25, -0.2) is 4.98 Å². The third-order valence-electron chi connectivity index (χ3n) is 4.07. The van der Waals surface area contributed by atoms with E-state index in [4.69, 9.17) is 0 Å². The molecule has 6 nitrogen and oxygen atoms in total. The summed E-state index contributed by atoms with van der Waals surface area (Å²) in [6.45, 7) is 2.10. The average Bonchev–Trinajstić information content (AvgIpc) is 2.64. The zero-order valence-corrected chi connectivity index (χ0v) is 14.5. The number of ether oxygens (including phenoxy) is 1. The Labute approximate surface area is 149 Å². The summed E-state index contributed by atoms with van der Waals surface area (Å²) in [4.78, 5) is 29.8. The number of pyridine rings is 1. The third-order valence-corrected chi connectivity index (χ3v) is 4.07. The first-order chi connectivity index (χ1) is 12.3. The summed E-state index contributed by atoms with van der Waals surface area (Å²) in [5, 5.41) is 2.86. The van der Waals surface area contributed by atoms with Crippen molar-refractivity contribution < 1.29 is 27.5 Å². The molecular weight excluding hydrogens is 351 g/mol. The first-order valence-corrected chi connectivity index (χ1v) is 8.52. The van der Waals surface area contributed by atoms with Crippen LogP contribution in [0.1, 0.15) is 36.5 Å². The molecule has 0 aromatic carbocycles. The second-order valence-electron chi connectivity index (χ2n) is 6.15. The minimum atomic E-state index is -4.44. The van der Waals surface area contributed by atoms with Crippen LogP contribution in [0.25, 0.3) is 0 Å². The highest BCUT2D eigenvalue weighted by Crippen LogP contribution is 2.20. The van der Waals surface area contributed by atoms with E-state index in [1.54, 1.807) is 4.90 Å². The minimum Gasteiger partial charge on any atom is -0.468 e. The summed E-state index contributed by atoms with van der Waals surface area (Å²) < 4.78 is 40.8. The van der Waals surface area contributed by atoms with Crippen molar-refractivity contribution in [2.75, 3.05) is 26.2 Å². The second kappa shape index (κ2) is 8.86. The molecule has 0 atom stereocenters. The Hall–Kier alpha value is -2.32. The van der Waals surface area contributed by atoms with Crippen molar-refractivity contribution in [1.82, 2.24) is 15.2 Å². The highest BCUT2D eigenvalue weighted by Gasteiger charge is 2.29. The van der Waals surface area contributed by atoms with E-state index in [2.05, 4.69) is 15.0 Å². The van der Waals surface area contributed by atoms with E-state index < -0.39 is 12.8 Å². The van der Waals surface area contributed by atoms with Gasteiger partial charge < -0.3 is 15.0 Å². The van der Waals surface area contributed by atoms with Gasteiger partial charge in [-0.1, -0.05) is 6.92 Å². The number of aromatic nitrogens is 1. The molecule has 0 bridgehead atoms. The van der Waals surface area contributed by atoms with E-state index in [1.165, 1.54) is 18.3 Å². The summed E-state index contributed by atoms with van der Waals surface area (Å²) >= 11 is 0. The van der Waals surface area contributed by atoms with Gasteiger partial charge in [-0.3, -0.25) is 9.59 Å². The Morgan fingerprint density at radius 3 is 2.54 bits per heavy atom.